The van der Waals surface area contributed by atoms with Crippen molar-refractivity contribution in [1.82, 2.24) is 5.32 Å². The summed E-state index contributed by atoms with van der Waals surface area (Å²) in [4.78, 5) is 12.4. The number of allylic oxidation sites excluding steroid dienone is 1. The molecule has 0 aliphatic rings. The molecule has 1 atom stereocenters. The lowest BCUT2D eigenvalue weighted by molar-refractivity contribution is -0.117. The number of benzene rings is 3. The lowest BCUT2D eigenvalue weighted by Gasteiger charge is -2.13. The highest BCUT2D eigenvalue weighted by Crippen LogP contribution is 2.38. The molecule has 1 N–H and O–H groups in total. The Labute approximate surface area is 188 Å². The minimum atomic E-state index is -0.0960. The Morgan fingerprint density at radius 1 is 1.09 bits per heavy atom. The van der Waals surface area contributed by atoms with Crippen molar-refractivity contribution in [3.8, 4) is 16.9 Å². The van der Waals surface area contributed by atoms with Gasteiger partial charge >= 0.3 is 0 Å². The first-order chi connectivity index (χ1) is 15.5. The van der Waals surface area contributed by atoms with E-state index in [-0.39, 0.29) is 11.9 Å². The minimum absolute atomic E-state index is 0.0960. The smallest absolute Gasteiger partial charge is 0.244 e. The molecule has 3 aromatic carbocycles. The molecule has 1 unspecified atom stereocenters. The Bertz CT molecular complexity index is 1300. The lowest BCUT2D eigenvalue weighted by atomic mass is 9.97. The Morgan fingerprint density at radius 2 is 1.88 bits per heavy atom. The average molecular weight is 428 g/mol. The van der Waals surface area contributed by atoms with Gasteiger partial charge in [0.25, 0.3) is 0 Å². The quantitative estimate of drug-likeness (QED) is 0.324. The van der Waals surface area contributed by atoms with Gasteiger partial charge in [-0.05, 0) is 61.2 Å². The fourth-order valence-corrected chi connectivity index (χ4v) is 3.88. The molecule has 0 radical (unpaired) electrons. The average Bonchev–Trinajstić information content (AvgIpc) is 3.21. The van der Waals surface area contributed by atoms with Crippen molar-refractivity contribution in [2.75, 3.05) is 6.61 Å². The molecule has 0 aliphatic heterocycles. The SMILES string of the molecule is CCOc1cc2occ(-c3ccc4ccccc4c3)c2cc1/C(C)=C/C(=O)NC(C)CC. The van der Waals surface area contributed by atoms with Gasteiger partial charge in [0.15, 0.2) is 0 Å². The summed E-state index contributed by atoms with van der Waals surface area (Å²) in [6.07, 6.45) is 4.33. The maximum atomic E-state index is 12.4. The fourth-order valence-electron chi connectivity index (χ4n) is 3.88. The van der Waals surface area contributed by atoms with Crippen LogP contribution < -0.4 is 10.1 Å². The standard InChI is InChI=1S/C28H29NO3/c1-5-19(4)29-28(30)13-18(3)23-15-24-25(17-32-27(24)16-26(23)31-6-2)22-12-11-20-9-7-8-10-21(20)14-22/h7-17,19H,5-6H2,1-4H3,(H,29,30)/b18-13+. The van der Waals surface area contributed by atoms with E-state index in [1.165, 1.54) is 10.8 Å². The highest BCUT2D eigenvalue weighted by atomic mass is 16.5. The maximum Gasteiger partial charge on any atom is 0.244 e. The van der Waals surface area contributed by atoms with E-state index in [9.17, 15) is 4.79 Å². The van der Waals surface area contributed by atoms with Crippen LogP contribution in [0.15, 0.2) is 71.4 Å². The summed E-state index contributed by atoms with van der Waals surface area (Å²) >= 11 is 0. The van der Waals surface area contributed by atoms with Gasteiger partial charge in [0.1, 0.15) is 11.3 Å². The van der Waals surface area contributed by atoms with Crippen LogP contribution in [0.1, 0.15) is 39.7 Å². The van der Waals surface area contributed by atoms with Crippen LogP contribution in [-0.2, 0) is 4.79 Å². The van der Waals surface area contributed by atoms with E-state index in [2.05, 4.69) is 48.6 Å². The fraction of sp³-hybridized carbons (Fsp3) is 0.250. The molecule has 32 heavy (non-hydrogen) atoms. The van der Waals surface area contributed by atoms with Crippen molar-refractivity contribution >= 4 is 33.2 Å². The summed E-state index contributed by atoms with van der Waals surface area (Å²) in [7, 11) is 0. The van der Waals surface area contributed by atoms with Crippen LogP contribution in [0, 0.1) is 0 Å². The monoisotopic (exact) mass is 427 g/mol. The number of hydrogen-bond acceptors (Lipinski definition) is 3. The van der Waals surface area contributed by atoms with E-state index in [1.54, 1.807) is 12.3 Å². The molecule has 1 aromatic heterocycles. The van der Waals surface area contributed by atoms with E-state index < -0.39 is 0 Å². The number of furan rings is 1. The molecule has 4 nitrogen and oxygen atoms in total. The molecule has 1 heterocycles. The summed E-state index contributed by atoms with van der Waals surface area (Å²) in [5.74, 6) is 0.617. The van der Waals surface area contributed by atoms with Gasteiger partial charge in [-0.3, -0.25) is 4.79 Å². The number of carbonyl (C=O) groups excluding carboxylic acids is 1. The van der Waals surface area contributed by atoms with Crippen LogP contribution in [0.3, 0.4) is 0 Å². The lowest BCUT2D eigenvalue weighted by Crippen LogP contribution is -2.30. The Hall–Kier alpha value is -3.53. The van der Waals surface area contributed by atoms with Gasteiger partial charge in [0.05, 0.1) is 12.9 Å². The summed E-state index contributed by atoms with van der Waals surface area (Å²) in [6.45, 7) is 8.47. The summed E-state index contributed by atoms with van der Waals surface area (Å²) in [5.41, 5.74) is 4.61. The van der Waals surface area contributed by atoms with Gasteiger partial charge in [-0.25, -0.2) is 0 Å². The van der Waals surface area contributed by atoms with Gasteiger partial charge in [0.2, 0.25) is 5.91 Å². The van der Waals surface area contributed by atoms with Crippen molar-refractivity contribution < 1.29 is 13.9 Å². The van der Waals surface area contributed by atoms with E-state index >= 15 is 0 Å². The predicted octanol–water partition coefficient (Wildman–Crippen LogP) is 6.97. The molecular weight excluding hydrogens is 398 g/mol. The number of rotatable bonds is 7. The normalized spacial score (nSPS) is 12.8. The first-order valence-corrected chi connectivity index (χ1v) is 11.2. The predicted molar refractivity (Wildman–Crippen MR) is 132 cm³/mol. The van der Waals surface area contributed by atoms with Crippen molar-refractivity contribution in [2.24, 2.45) is 0 Å². The third-order valence-corrected chi connectivity index (χ3v) is 5.81. The highest BCUT2D eigenvalue weighted by molar-refractivity contribution is 6.01. The summed E-state index contributed by atoms with van der Waals surface area (Å²) in [6, 6.07) is 18.9. The Morgan fingerprint density at radius 3 is 2.62 bits per heavy atom. The van der Waals surface area contributed by atoms with Crippen LogP contribution in [0.2, 0.25) is 0 Å². The number of amides is 1. The molecule has 0 saturated carbocycles. The Balaban J connectivity index is 1.80. The van der Waals surface area contributed by atoms with Gasteiger partial charge in [0, 0.05) is 34.7 Å². The molecule has 0 fully saturated rings. The number of hydrogen-bond donors (Lipinski definition) is 1. The maximum absolute atomic E-state index is 12.4. The molecule has 1 amide bonds. The van der Waals surface area contributed by atoms with Crippen molar-refractivity contribution in [1.29, 1.82) is 0 Å². The van der Waals surface area contributed by atoms with Gasteiger partial charge in [-0.15, -0.1) is 0 Å². The van der Waals surface area contributed by atoms with Gasteiger partial charge < -0.3 is 14.5 Å². The number of nitrogens with one attached hydrogen (secondary N) is 1. The van der Waals surface area contributed by atoms with E-state index in [1.807, 2.05) is 39.0 Å². The molecule has 0 aliphatic carbocycles. The molecule has 4 rings (SSSR count). The summed E-state index contributed by atoms with van der Waals surface area (Å²) < 4.78 is 11.8. The van der Waals surface area contributed by atoms with Crippen LogP contribution in [-0.4, -0.2) is 18.6 Å². The Kier molecular flexibility index (Phi) is 6.31. The van der Waals surface area contributed by atoms with Crippen LogP contribution in [0.25, 0.3) is 38.4 Å². The molecule has 0 bridgehead atoms. The van der Waals surface area contributed by atoms with Crippen LogP contribution in [0.4, 0.5) is 0 Å². The van der Waals surface area contributed by atoms with E-state index in [0.717, 1.165) is 39.7 Å². The largest absolute Gasteiger partial charge is 0.493 e. The second kappa shape index (κ2) is 9.31. The zero-order valence-electron chi connectivity index (χ0n) is 19.1. The molecule has 4 heteroatoms. The van der Waals surface area contributed by atoms with Crippen LogP contribution >= 0.6 is 0 Å². The third-order valence-electron chi connectivity index (χ3n) is 5.81. The third kappa shape index (κ3) is 4.40. The van der Waals surface area contributed by atoms with Crippen molar-refractivity contribution in [2.45, 2.75) is 40.2 Å². The first-order valence-electron chi connectivity index (χ1n) is 11.2. The highest BCUT2D eigenvalue weighted by Gasteiger charge is 2.16. The van der Waals surface area contributed by atoms with Gasteiger partial charge in [-0.2, -0.15) is 0 Å². The molecular formula is C28H29NO3. The zero-order valence-corrected chi connectivity index (χ0v) is 19.1. The minimum Gasteiger partial charge on any atom is -0.493 e. The molecule has 164 valence electrons. The first kappa shape index (κ1) is 21.7. The van der Waals surface area contributed by atoms with E-state index in [0.29, 0.717) is 12.4 Å². The number of fused-ring (bicyclic) bond motifs is 2. The second-order valence-corrected chi connectivity index (χ2v) is 8.13. The molecule has 0 saturated heterocycles. The summed E-state index contributed by atoms with van der Waals surface area (Å²) in [5, 5.41) is 6.37. The van der Waals surface area contributed by atoms with E-state index in [4.69, 9.17) is 9.15 Å². The molecule has 0 spiro atoms. The number of ether oxygens (including phenoxy) is 1. The van der Waals surface area contributed by atoms with Gasteiger partial charge in [-0.1, -0.05) is 43.3 Å². The number of carbonyl (C=O) groups is 1. The second-order valence-electron chi connectivity index (χ2n) is 8.13. The van der Waals surface area contributed by atoms with Crippen LogP contribution in [0.5, 0.6) is 5.75 Å². The van der Waals surface area contributed by atoms with Crippen molar-refractivity contribution in [3.05, 3.63) is 72.5 Å². The van der Waals surface area contributed by atoms with Crippen molar-refractivity contribution in [3.63, 3.8) is 0 Å². The zero-order chi connectivity index (χ0) is 22.7. The molecule has 4 aromatic rings. The topological polar surface area (TPSA) is 51.5 Å².